The fraction of sp³-hybridized carbons (Fsp3) is 0.310. The maximum Gasteiger partial charge on any atom is 0.328 e. The van der Waals surface area contributed by atoms with Gasteiger partial charge in [-0.2, -0.15) is 0 Å². The molecule has 0 aliphatic heterocycles. The molecule has 1 unspecified atom stereocenters. The second-order valence-electron chi connectivity index (χ2n) is 8.65. The van der Waals surface area contributed by atoms with Crippen LogP contribution in [0.4, 0.5) is 5.69 Å². The summed E-state index contributed by atoms with van der Waals surface area (Å²) in [4.78, 5) is 25.8. The molecule has 3 aromatic rings. The molecule has 0 fully saturated rings. The van der Waals surface area contributed by atoms with Crippen molar-refractivity contribution in [3.05, 3.63) is 95.1 Å². The lowest BCUT2D eigenvalue weighted by Crippen LogP contribution is -2.42. The summed E-state index contributed by atoms with van der Waals surface area (Å²) in [6.45, 7) is 2.37. The van der Waals surface area contributed by atoms with E-state index in [1.807, 2.05) is 49.4 Å². The first-order valence-corrected chi connectivity index (χ1v) is 12.1. The molecule has 1 amide bonds. The summed E-state index contributed by atoms with van der Waals surface area (Å²) in [5.74, 6) is -0.519. The molecular weight excluding hydrogens is 440 g/mol. The molecule has 0 saturated carbocycles. The largest absolute Gasteiger partial charge is 0.508 e. The van der Waals surface area contributed by atoms with Gasteiger partial charge in [-0.3, -0.25) is 4.79 Å². The van der Waals surface area contributed by atoms with E-state index >= 15 is 0 Å². The van der Waals surface area contributed by atoms with Gasteiger partial charge in [-0.15, -0.1) is 0 Å². The number of nitrogens with one attached hydrogen (secondary N) is 1. The van der Waals surface area contributed by atoms with Crippen LogP contribution in [-0.4, -0.2) is 29.6 Å². The molecule has 184 valence electrons. The Labute approximate surface area is 207 Å². The summed E-state index contributed by atoms with van der Waals surface area (Å²) >= 11 is 0. The lowest BCUT2D eigenvalue weighted by Gasteiger charge is -2.18. The Balaban J connectivity index is 1.68. The normalized spacial score (nSPS) is 11.6. The van der Waals surface area contributed by atoms with E-state index in [2.05, 4.69) is 5.32 Å². The quantitative estimate of drug-likeness (QED) is 0.198. The predicted octanol–water partition coefficient (Wildman–Crippen LogP) is 4.83. The van der Waals surface area contributed by atoms with Crippen molar-refractivity contribution in [1.29, 1.82) is 0 Å². The summed E-state index contributed by atoms with van der Waals surface area (Å²) in [5, 5.41) is 12.3. The van der Waals surface area contributed by atoms with Crippen LogP contribution in [0.15, 0.2) is 72.8 Å². The summed E-state index contributed by atoms with van der Waals surface area (Å²) in [6, 6.07) is 21.3. The maximum atomic E-state index is 13.1. The number of nitrogens with two attached hydrogens (primary N) is 1. The van der Waals surface area contributed by atoms with E-state index in [0.29, 0.717) is 37.1 Å². The number of unbranched alkanes of at least 4 members (excludes halogenated alkanes) is 1. The van der Waals surface area contributed by atoms with Gasteiger partial charge in [-0.25, -0.2) is 4.79 Å². The zero-order valence-corrected chi connectivity index (χ0v) is 20.2. The van der Waals surface area contributed by atoms with Crippen molar-refractivity contribution in [3.63, 3.8) is 0 Å². The molecule has 4 N–H and O–H groups in total. The molecule has 0 bridgehead atoms. The van der Waals surface area contributed by atoms with Gasteiger partial charge in [0.05, 0.1) is 6.61 Å². The van der Waals surface area contributed by atoms with E-state index in [4.69, 9.17) is 10.5 Å². The highest BCUT2D eigenvalue weighted by atomic mass is 16.5. The average molecular weight is 475 g/mol. The molecule has 35 heavy (non-hydrogen) atoms. The number of nitrogen functional groups attached to an aromatic ring is 1. The van der Waals surface area contributed by atoms with E-state index in [9.17, 15) is 14.7 Å². The van der Waals surface area contributed by atoms with E-state index in [0.717, 1.165) is 36.0 Å². The lowest BCUT2D eigenvalue weighted by molar-refractivity contribution is -0.146. The van der Waals surface area contributed by atoms with Gasteiger partial charge in [0.1, 0.15) is 11.8 Å². The minimum Gasteiger partial charge on any atom is -0.508 e. The Morgan fingerprint density at radius 1 is 0.943 bits per heavy atom. The van der Waals surface area contributed by atoms with Gasteiger partial charge in [0.15, 0.2) is 0 Å². The number of rotatable bonds is 12. The van der Waals surface area contributed by atoms with Crippen LogP contribution in [0.2, 0.25) is 0 Å². The summed E-state index contributed by atoms with van der Waals surface area (Å²) in [7, 11) is 0. The zero-order chi connectivity index (χ0) is 25.0. The van der Waals surface area contributed by atoms with Crippen molar-refractivity contribution in [2.75, 3.05) is 12.3 Å². The predicted molar refractivity (Wildman–Crippen MR) is 138 cm³/mol. The van der Waals surface area contributed by atoms with E-state index in [1.54, 1.807) is 30.3 Å². The van der Waals surface area contributed by atoms with E-state index < -0.39 is 12.0 Å². The smallest absolute Gasteiger partial charge is 0.328 e. The van der Waals surface area contributed by atoms with Crippen LogP contribution in [0.1, 0.15) is 53.2 Å². The lowest BCUT2D eigenvalue weighted by atomic mass is 10.00. The topological polar surface area (TPSA) is 102 Å². The Bertz CT molecular complexity index is 1100. The maximum absolute atomic E-state index is 13.1. The summed E-state index contributed by atoms with van der Waals surface area (Å²) in [5.41, 5.74) is 10.2. The number of esters is 1. The van der Waals surface area contributed by atoms with Gasteiger partial charge >= 0.3 is 5.97 Å². The number of carbonyl (C=O) groups excluding carboxylic acids is 2. The van der Waals surface area contributed by atoms with Crippen molar-refractivity contribution < 1.29 is 19.4 Å². The zero-order valence-electron chi connectivity index (χ0n) is 20.2. The molecule has 1 atom stereocenters. The number of hydrogen-bond acceptors (Lipinski definition) is 5. The van der Waals surface area contributed by atoms with Crippen LogP contribution < -0.4 is 11.1 Å². The summed E-state index contributed by atoms with van der Waals surface area (Å²) < 4.78 is 5.42. The third-order valence-corrected chi connectivity index (χ3v) is 5.92. The molecular formula is C29H34N2O4. The van der Waals surface area contributed by atoms with Crippen molar-refractivity contribution in [2.24, 2.45) is 0 Å². The molecule has 6 heteroatoms. The van der Waals surface area contributed by atoms with Crippen LogP contribution in [0, 0.1) is 0 Å². The Morgan fingerprint density at radius 3 is 2.37 bits per heavy atom. The number of amides is 1. The van der Waals surface area contributed by atoms with Crippen molar-refractivity contribution in [3.8, 4) is 5.75 Å². The average Bonchev–Trinajstić information content (AvgIpc) is 2.87. The Kier molecular flexibility index (Phi) is 9.72. The van der Waals surface area contributed by atoms with Crippen LogP contribution >= 0.6 is 0 Å². The number of benzene rings is 3. The molecule has 0 aliphatic rings. The second kappa shape index (κ2) is 13.2. The first-order chi connectivity index (χ1) is 17.0. The monoisotopic (exact) mass is 474 g/mol. The van der Waals surface area contributed by atoms with Crippen LogP contribution in [0.3, 0.4) is 0 Å². The highest BCUT2D eigenvalue weighted by Gasteiger charge is 2.23. The molecule has 0 aliphatic carbocycles. The number of aromatic hydroxyl groups is 1. The number of phenols is 1. The minimum absolute atomic E-state index is 0.224. The highest BCUT2D eigenvalue weighted by Crippen LogP contribution is 2.19. The van der Waals surface area contributed by atoms with Crippen LogP contribution in [0.25, 0.3) is 0 Å². The SMILES string of the molecule is CCCCOC(=O)C(CCc1ccccc1)NC(=O)c1ccc(N)c(CCc2ccc(O)cc2)c1. The van der Waals surface area contributed by atoms with E-state index in [-0.39, 0.29) is 11.7 Å². The van der Waals surface area contributed by atoms with Gasteiger partial charge in [-0.1, -0.05) is 55.8 Å². The standard InChI is InChI=1S/C29H34N2O4/c1-2-3-19-35-29(34)27(18-12-21-7-5-4-6-8-21)31-28(33)24-14-17-26(30)23(20-24)13-9-22-10-15-25(32)16-11-22/h4-8,10-11,14-17,20,27,32H,2-3,9,12-13,18-19,30H2,1H3,(H,31,33). The number of hydrogen-bond donors (Lipinski definition) is 3. The Hall–Kier alpha value is -3.80. The fourth-order valence-electron chi connectivity index (χ4n) is 3.77. The molecule has 6 nitrogen and oxygen atoms in total. The number of aryl methyl sites for hydroxylation is 3. The molecule has 0 aromatic heterocycles. The van der Waals surface area contributed by atoms with Crippen molar-refractivity contribution in [1.82, 2.24) is 5.32 Å². The molecule has 0 saturated heterocycles. The molecule has 0 radical (unpaired) electrons. The van der Waals surface area contributed by atoms with E-state index in [1.165, 1.54) is 0 Å². The summed E-state index contributed by atoms with van der Waals surface area (Å²) in [6.07, 6.45) is 4.17. The van der Waals surface area contributed by atoms with Gasteiger partial charge in [0, 0.05) is 11.3 Å². The molecule has 0 heterocycles. The molecule has 3 aromatic carbocycles. The first-order valence-electron chi connectivity index (χ1n) is 12.1. The molecule has 3 rings (SSSR count). The van der Waals surface area contributed by atoms with Crippen molar-refractivity contribution in [2.45, 2.75) is 51.5 Å². The third kappa shape index (κ3) is 8.18. The van der Waals surface area contributed by atoms with Gasteiger partial charge < -0.3 is 20.9 Å². The van der Waals surface area contributed by atoms with Gasteiger partial charge in [0.2, 0.25) is 0 Å². The highest BCUT2D eigenvalue weighted by molar-refractivity contribution is 5.97. The van der Waals surface area contributed by atoms with Crippen LogP contribution in [-0.2, 0) is 28.8 Å². The number of carbonyl (C=O) groups is 2. The first kappa shape index (κ1) is 25.8. The fourth-order valence-corrected chi connectivity index (χ4v) is 3.77. The van der Waals surface area contributed by atoms with Crippen molar-refractivity contribution >= 4 is 17.6 Å². The number of phenolic OH excluding ortho intramolecular Hbond substituents is 1. The minimum atomic E-state index is -0.738. The number of ether oxygens (including phenoxy) is 1. The second-order valence-corrected chi connectivity index (χ2v) is 8.65. The number of anilines is 1. The molecule has 0 spiro atoms. The Morgan fingerprint density at radius 2 is 1.66 bits per heavy atom. The van der Waals surface area contributed by atoms with Gasteiger partial charge in [0.25, 0.3) is 5.91 Å². The van der Waals surface area contributed by atoms with Gasteiger partial charge in [-0.05, 0) is 79.1 Å². The third-order valence-electron chi connectivity index (χ3n) is 5.92. The van der Waals surface area contributed by atoms with Crippen LogP contribution in [0.5, 0.6) is 5.75 Å².